The summed E-state index contributed by atoms with van der Waals surface area (Å²) in [6.07, 6.45) is 3.65. The van der Waals surface area contributed by atoms with E-state index in [2.05, 4.69) is 54.4 Å². The Morgan fingerprint density at radius 1 is 0.950 bits per heavy atom. The lowest BCUT2D eigenvalue weighted by Crippen LogP contribution is -1.95. The van der Waals surface area contributed by atoms with Gasteiger partial charge in [0.2, 0.25) is 0 Å². The zero-order valence-corrected chi connectivity index (χ0v) is 12.0. The van der Waals surface area contributed by atoms with E-state index in [4.69, 9.17) is 4.74 Å². The van der Waals surface area contributed by atoms with E-state index < -0.39 is 0 Å². The van der Waals surface area contributed by atoms with Crippen LogP contribution in [0.25, 0.3) is 21.8 Å². The van der Waals surface area contributed by atoms with Gasteiger partial charge in [0, 0.05) is 28.4 Å². The summed E-state index contributed by atoms with van der Waals surface area (Å²) in [6, 6.07) is 15.0. The molecule has 0 amide bonds. The van der Waals surface area contributed by atoms with Gasteiger partial charge in [-0.25, -0.2) is 0 Å². The molecule has 0 radical (unpaired) electrons. The highest BCUT2D eigenvalue weighted by atomic mass is 16.5. The Kier molecular flexibility index (Phi) is 4.03. The van der Waals surface area contributed by atoms with Gasteiger partial charge in [-0.2, -0.15) is 0 Å². The minimum absolute atomic E-state index is 0.708. The van der Waals surface area contributed by atoms with Gasteiger partial charge >= 0.3 is 0 Å². The van der Waals surface area contributed by atoms with Gasteiger partial charge < -0.3 is 9.72 Å². The van der Waals surface area contributed by atoms with Gasteiger partial charge in [0.25, 0.3) is 0 Å². The molecule has 0 spiro atoms. The molecule has 0 fully saturated rings. The van der Waals surface area contributed by atoms with Crippen molar-refractivity contribution >= 4 is 21.8 Å². The smallest absolute Gasteiger partial charge is 0.0717 e. The predicted octanol–water partition coefficient (Wildman–Crippen LogP) is 5.03. The molecule has 104 valence electrons. The summed E-state index contributed by atoms with van der Waals surface area (Å²) in [5, 5.41) is 2.57. The summed E-state index contributed by atoms with van der Waals surface area (Å²) in [7, 11) is 0. The highest BCUT2D eigenvalue weighted by Gasteiger charge is 2.04. The first-order valence-corrected chi connectivity index (χ1v) is 7.45. The molecule has 0 atom stereocenters. The molecule has 1 aromatic heterocycles. The second-order valence-electron chi connectivity index (χ2n) is 5.31. The molecule has 0 aliphatic heterocycles. The highest BCUT2D eigenvalue weighted by molar-refractivity contribution is 6.07. The second kappa shape index (κ2) is 6.10. The van der Waals surface area contributed by atoms with Crippen LogP contribution in [0, 0.1) is 0 Å². The van der Waals surface area contributed by atoms with Crippen molar-refractivity contribution < 1.29 is 4.74 Å². The van der Waals surface area contributed by atoms with Crippen LogP contribution >= 0.6 is 0 Å². The van der Waals surface area contributed by atoms with Crippen molar-refractivity contribution in [1.29, 1.82) is 0 Å². The van der Waals surface area contributed by atoms with Crippen LogP contribution in [0.5, 0.6) is 0 Å². The molecule has 3 aromatic rings. The number of fused-ring (bicyclic) bond motifs is 3. The Morgan fingerprint density at radius 3 is 2.70 bits per heavy atom. The van der Waals surface area contributed by atoms with E-state index in [0.29, 0.717) is 6.61 Å². The normalized spacial score (nSPS) is 11.4. The van der Waals surface area contributed by atoms with E-state index >= 15 is 0 Å². The number of ether oxygens (including phenoxy) is 1. The molecule has 2 aromatic carbocycles. The van der Waals surface area contributed by atoms with Crippen molar-refractivity contribution in [3.05, 3.63) is 48.0 Å². The van der Waals surface area contributed by atoms with Crippen LogP contribution in [-0.4, -0.2) is 11.6 Å². The summed E-state index contributed by atoms with van der Waals surface area (Å²) in [5.74, 6) is 0. The fraction of sp³-hybridized carbons (Fsp3) is 0.333. The number of benzene rings is 2. The van der Waals surface area contributed by atoms with E-state index in [0.717, 1.165) is 13.0 Å². The summed E-state index contributed by atoms with van der Waals surface area (Å²) in [4.78, 5) is 3.45. The predicted molar refractivity (Wildman–Crippen MR) is 85.0 cm³/mol. The second-order valence-corrected chi connectivity index (χ2v) is 5.31. The first kappa shape index (κ1) is 13.2. The van der Waals surface area contributed by atoms with Gasteiger partial charge in [-0.15, -0.1) is 0 Å². The lowest BCUT2D eigenvalue weighted by molar-refractivity contribution is 0.117. The molecule has 0 bridgehead atoms. The van der Waals surface area contributed by atoms with Crippen LogP contribution in [-0.2, 0) is 11.3 Å². The number of rotatable bonds is 6. The molecular weight excluding hydrogens is 246 g/mol. The van der Waals surface area contributed by atoms with Crippen molar-refractivity contribution in [2.45, 2.75) is 32.8 Å². The largest absolute Gasteiger partial charge is 0.377 e. The monoisotopic (exact) mass is 267 g/mol. The molecule has 0 saturated heterocycles. The number of aromatic amines is 1. The molecule has 0 aliphatic rings. The summed E-state index contributed by atoms with van der Waals surface area (Å²) in [5.41, 5.74) is 3.64. The molecule has 3 rings (SSSR count). The number of para-hydroxylation sites is 1. The average molecular weight is 267 g/mol. The van der Waals surface area contributed by atoms with Crippen LogP contribution in [0.2, 0.25) is 0 Å². The van der Waals surface area contributed by atoms with Gasteiger partial charge in [0.15, 0.2) is 0 Å². The number of unbranched alkanes of at least 4 members (excludes halogenated alkanes) is 2. The zero-order valence-electron chi connectivity index (χ0n) is 12.0. The Balaban J connectivity index is 1.77. The number of H-pyrrole nitrogens is 1. The Labute approximate surface area is 119 Å². The zero-order chi connectivity index (χ0) is 13.8. The van der Waals surface area contributed by atoms with E-state index in [-0.39, 0.29) is 0 Å². The van der Waals surface area contributed by atoms with Gasteiger partial charge in [-0.05, 0) is 30.2 Å². The van der Waals surface area contributed by atoms with Crippen LogP contribution in [0.15, 0.2) is 42.5 Å². The third kappa shape index (κ3) is 2.70. The van der Waals surface area contributed by atoms with Gasteiger partial charge in [-0.3, -0.25) is 0 Å². The summed E-state index contributed by atoms with van der Waals surface area (Å²) >= 11 is 0. The Bertz CT molecular complexity index is 699. The van der Waals surface area contributed by atoms with Crippen LogP contribution < -0.4 is 0 Å². The molecule has 20 heavy (non-hydrogen) atoms. The summed E-state index contributed by atoms with van der Waals surface area (Å²) in [6.45, 7) is 3.78. The van der Waals surface area contributed by atoms with Crippen molar-refractivity contribution in [3.63, 3.8) is 0 Å². The maximum atomic E-state index is 5.75. The van der Waals surface area contributed by atoms with E-state index in [1.54, 1.807) is 0 Å². The standard InChI is InChI=1S/C18H21NO/c1-2-3-6-11-20-13-14-9-10-18-16(12-14)15-7-4-5-8-17(15)19-18/h4-5,7-10,12,19H,2-3,6,11,13H2,1H3. The molecule has 2 nitrogen and oxygen atoms in total. The van der Waals surface area contributed by atoms with Crippen LogP contribution in [0.3, 0.4) is 0 Å². The van der Waals surface area contributed by atoms with E-state index in [1.807, 2.05) is 0 Å². The molecule has 2 heteroatoms. The van der Waals surface area contributed by atoms with Crippen LogP contribution in [0.1, 0.15) is 31.7 Å². The molecule has 1 heterocycles. The van der Waals surface area contributed by atoms with E-state index in [9.17, 15) is 0 Å². The summed E-state index contributed by atoms with van der Waals surface area (Å²) < 4.78 is 5.75. The average Bonchev–Trinajstić information content (AvgIpc) is 2.85. The third-order valence-corrected chi connectivity index (χ3v) is 3.73. The fourth-order valence-corrected chi connectivity index (χ4v) is 2.63. The lowest BCUT2D eigenvalue weighted by Gasteiger charge is -2.04. The van der Waals surface area contributed by atoms with Crippen molar-refractivity contribution in [2.24, 2.45) is 0 Å². The lowest BCUT2D eigenvalue weighted by atomic mass is 10.1. The molecule has 1 N–H and O–H groups in total. The minimum atomic E-state index is 0.708. The Morgan fingerprint density at radius 2 is 1.80 bits per heavy atom. The molecular formula is C18H21NO. The first-order chi connectivity index (χ1) is 9.88. The van der Waals surface area contributed by atoms with Crippen LogP contribution in [0.4, 0.5) is 0 Å². The van der Waals surface area contributed by atoms with E-state index in [1.165, 1.54) is 40.2 Å². The number of hydrogen-bond acceptors (Lipinski definition) is 1. The van der Waals surface area contributed by atoms with Gasteiger partial charge in [0.1, 0.15) is 0 Å². The maximum Gasteiger partial charge on any atom is 0.0717 e. The van der Waals surface area contributed by atoms with Gasteiger partial charge in [-0.1, -0.05) is 44.0 Å². The first-order valence-electron chi connectivity index (χ1n) is 7.45. The maximum absolute atomic E-state index is 5.75. The Hall–Kier alpha value is -1.80. The van der Waals surface area contributed by atoms with Crippen molar-refractivity contribution in [3.8, 4) is 0 Å². The van der Waals surface area contributed by atoms with Crippen molar-refractivity contribution in [2.75, 3.05) is 6.61 Å². The highest BCUT2D eigenvalue weighted by Crippen LogP contribution is 2.26. The fourth-order valence-electron chi connectivity index (χ4n) is 2.63. The molecule has 0 saturated carbocycles. The number of nitrogens with one attached hydrogen (secondary N) is 1. The van der Waals surface area contributed by atoms with Gasteiger partial charge in [0.05, 0.1) is 6.61 Å². The molecule has 0 unspecified atom stereocenters. The number of hydrogen-bond donors (Lipinski definition) is 1. The topological polar surface area (TPSA) is 25.0 Å². The molecule has 0 aliphatic carbocycles. The number of aromatic nitrogens is 1. The third-order valence-electron chi connectivity index (χ3n) is 3.73. The van der Waals surface area contributed by atoms with Crippen molar-refractivity contribution in [1.82, 2.24) is 4.98 Å². The minimum Gasteiger partial charge on any atom is -0.377 e. The quantitative estimate of drug-likeness (QED) is 0.623. The SMILES string of the molecule is CCCCCOCc1ccc2[nH]c3ccccc3c2c1.